The largest absolute Gasteiger partial charge is 0.339 e. The van der Waals surface area contributed by atoms with E-state index < -0.39 is 11.5 Å². The third kappa shape index (κ3) is 2.33. The number of likely N-dealkylation sites (tertiary alicyclic amines) is 1. The van der Waals surface area contributed by atoms with Crippen LogP contribution in [0, 0.1) is 0 Å². The van der Waals surface area contributed by atoms with Gasteiger partial charge in [0.15, 0.2) is 0 Å². The van der Waals surface area contributed by atoms with Crippen molar-refractivity contribution >= 4 is 17.5 Å². The fraction of sp³-hybridized carbons (Fsp3) is 0.857. The first-order chi connectivity index (χ1) is 5.22. The van der Waals surface area contributed by atoms with Crippen LogP contribution < -0.4 is 0 Å². The predicted molar refractivity (Wildman–Crippen MR) is 41.2 cm³/mol. The fourth-order valence-corrected chi connectivity index (χ4v) is 1.39. The number of carbonyl (C=O) groups excluding carboxylic acids is 1. The molecule has 1 saturated heterocycles. The first-order valence-electron chi connectivity index (χ1n) is 3.79. The molecule has 1 fully saturated rings. The lowest BCUT2D eigenvalue weighted by atomic mass is 10.1. The summed E-state index contributed by atoms with van der Waals surface area (Å²) in [6.07, 6.45) is 3.06. The average Bonchev–Trinajstić information content (AvgIpc) is 2.05. The Morgan fingerprint density at radius 2 is 1.91 bits per heavy atom. The van der Waals surface area contributed by atoms with Crippen LogP contribution in [0.1, 0.15) is 19.3 Å². The van der Waals surface area contributed by atoms with Gasteiger partial charge in [0.25, 0.3) is 11.5 Å². The van der Waals surface area contributed by atoms with Gasteiger partial charge in [-0.3, -0.25) is 4.79 Å². The summed E-state index contributed by atoms with van der Waals surface area (Å²) >= 11 is 5.00. The van der Waals surface area contributed by atoms with Crippen LogP contribution in [0.4, 0.5) is 4.39 Å². The number of rotatable bonds is 1. The lowest BCUT2D eigenvalue weighted by molar-refractivity contribution is -0.134. The van der Waals surface area contributed by atoms with Crippen molar-refractivity contribution in [3.05, 3.63) is 0 Å². The summed E-state index contributed by atoms with van der Waals surface area (Å²) in [6, 6.07) is 0. The van der Waals surface area contributed by atoms with E-state index in [9.17, 15) is 9.18 Å². The molecule has 0 N–H and O–H groups in total. The highest BCUT2D eigenvalue weighted by Crippen LogP contribution is 2.12. The molecule has 0 aromatic rings. The van der Waals surface area contributed by atoms with Gasteiger partial charge in [-0.05, 0) is 19.3 Å². The number of carbonyl (C=O) groups is 1. The highest BCUT2D eigenvalue weighted by atomic mass is 35.5. The number of nitrogens with zero attached hydrogens (tertiary/aromatic N) is 1. The van der Waals surface area contributed by atoms with Crippen molar-refractivity contribution in [2.75, 3.05) is 13.1 Å². The van der Waals surface area contributed by atoms with Crippen LogP contribution in [0.2, 0.25) is 0 Å². The summed E-state index contributed by atoms with van der Waals surface area (Å²) in [7, 11) is 0. The first-order valence-corrected chi connectivity index (χ1v) is 4.22. The lowest BCUT2D eigenvalue weighted by Gasteiger charge is -2.26. The maximum absolute atomic E-state index is 12.3. The van der Waals surface area contributed by atoms with E-state index in [2.05, 4.69) is 0 Å². The van der Waals surface area contributed by atoms with Gasteiger partial charge < -0.3 is 4.90 Å². The van der Waals surface area contributed by atoms with E-state index in [1.54, 1.807) is 0 Å². The number of amides is 1. The highest BCUT2D eigenvalue weighted by molar-refractivity contribution is 6.29. The van der Waals surface area contributed by atoms with Crippen LogP contribution in [0.15, 0.2) is 0 Å². The van der Waals surface area contributed by atoms with Crippen LogP contribution in [0.3, 0.4) is 0 Å². The molecule has 1 aliphatic rings. The van der Waals surface area contributed by atoms with Crippen molar-refractivity contribution in [1.82, 2.24) is 4.90 Å². The molecule has 0 aromatic carbocycles. The SMILES string of the molecule is O=C(C(F)Cl)N1CCCCC1. The molecule has 1 aliphatic heterocycles. The molecule has 0 aliphatic carbocycles. The van der Waals surface area contributed by atoms with Gasteiger partial charge in [0, 0.05) is 13.1 Å². The smallest absolute Gasteiger partial charge is 0.272 e. The summed E-state index contributed by atoms with van der Waals surface area (Å²) in [4.78, 5) is 12.4. The van der Waals surface area contributed by atoms with Gasteiger partial charge in [-0.2, -0.15) is 0 Å². The standard InChI is InChI=1S/C7H11ClFNO/c8-6(9)7(11)10-4-2-1-3-5-10/h6H,1-5H2. The number of alkyl halides is 2. The summed E-state index contributed by atoms with van der Waals surface area (Å²) < 4.78 is 12.3. The van der Waals surface area contributed by atoms with Crippen LogP contribution in [0.25, 0.3) is 0 Å². The highest BCUT2D eigenvalue weighted by Gasteiger charge is 2.22. The van der Waals surface area contributed by atoms with Crippen molar-refractivity contribution in [2.45, 2.75) is 24.9 Å². The third-order valence-electron chi connectivity index (χ3n) is 1.85. The zero-order chi connectivity index (χ0) is 8.27. The summed E-state index contributed by atoms with van der Waals surface area (Å²) in [5.41, 5.74) is -1.85. The molecule has 0 aromatic heterocycles. The van der Waals surface area contributed by atoms with Crippen LogP contribution >= 0.6 is 11.6 Å². The van der Waals surface area contributed by atoms with Gasteiger partial charge in [0.05, 0.1) is 0 Å². The zero-order valence-corrected chi connectivity index (χ0v) is 6.98. The van der Waals surface area contributed by atoms with Gasteiger partial charge in [-0.15, -0.1) is 0 Å². The van der Waals surface area contributed by atoms with Crippen molar-refractivity contribution in [3.8, 4) is 0 Å². The minimum absolute atomic E-state index is 0.577. The molecule has 2 nitrogen and oxygen atoms in total. The molecule has 64 valence electrons. The quantitative estimate of drug-likeness (QED) is 0.559. The molecule has 0 saturated carbocycles. The Bertz CT molecular complexity index is 145. The monoisotopic (exact) mass is 179 g/mol. The second-order valence-electron chi connectivity index (χ2n) is 2.69. The maximum atomic E-state index is 12.3. The first kappa shape index (κ1) is 8.78. The Hall–Kier alpha value is -0.310. The molecule has 4 heteroatoms. The van der Waals surface area contributed by atoms with Crippen molar-refractivity contribution in [3.63, 3.8) is 0 Å². The Kier molecular flexibility index (Phi) is 3.12. The number of hydrogen-bond acceptors (Lipinski definition) is 1. The lowest BCUT2D eigenvalue weighted by Crippen LogP contribution is -2.38. The van der Waals surface area contributed by atoms with Gasteiger partial charge in [-0.1, -0.05) is 11.6 Å². The normalized spacial score (nSPS) is 21.5. The second kappa shape index (κ2) is 3.90. The van der Waals surface area contributed by atoms with Gasteiger partial charge in [0.2, 0.25) is 0 Å². The Morgan fingerprint density at radius 1 is 1.36 bits per heavy atom. The molecule has 1 unspecified atom stereocenters. The summed E-state index contributed by atoms with van der Waals surface area (Å²) in [5, 5.41) is 0. The zero-order valence-electron chi connectivity index (χ0n) is 6.22. The van der Waals surface area contributed by atoms with E-state index in [4.69, 9.17) is 11.6 Å². The molecular formula is C7H11ClFNO. The number of halogens is 2. The van der Waals surface area contributed by atoms with Crippen molar-refractivity contribution in [2.24, 2.45) is 0 Å². The van der Waals surface area contributed by atoms with Gasteiger partial charge >= 0.3 is 0 Å². The Labute approximate surface area is 70.3 Å². The molecule has 0 spiro atoms. The van der Waals surface area contributed by atoms with Crippen molar-refractivity contribution < 1.29 is 9.18 Å². The number of hydrogen-bond donors (Lipinski definition) is 0. The fourth-order valence-electron chi connectivity index (χ4n) is 1.25. The average molecular weight is 180 g/mol. The van der Waals surface area contributed by atoms with Crippen LogP contribution in [0.5, 0.6) is 0 Å². The van der Waals surface area contributed by atoms with Gasteiger partial charge in [-0.25, -0.2) is 4.39 Å². The molecule has 1 rings (SSSR count). The number of piperidine rings is 1. The molecule has 11 heavy (non-hydrogen) atoms. The van der Waals surface area contributed by atoms with E-state index in [-0.39, 0.29) is 0 Å². The molecule has 0 radical (unpaired) electrons. The predicted octanol–water partition coefficient (Wildman–Crippen LogP) is 1.53. The molecule has 1 heterocycles. The molecule has 0 bridgehead atoms. The minimum Gasteiger partial charge on any atom is -0.339 e. The molecular weight excluding hydrogens is 169 g/mol. The molecule has 1 atom stereocenters. The Morgan fingerprint density at radius 3 is 2.36 bits per heavy atom. The topological polar surface area (TPSA) is 20.3 Å². The van der Waals surface area contributed by atoms with Crippen LogP contribution in [-0.4, -0.2) is 29.5 Å². The summed E-state index contributed by atoms with van der Waals surface area (Å²) in [5.74, 6) is -0.577. The van der Waals surface area contributed by atoms with Crippen LogP contribution in [-0.2, 0) is 4.79 Å². The van der Waals surface area contributed by atoms with E-state index in [0.29, 0.717) is 13.1 Å². The maximum Gasteiger partial charge on any atom is 0.272 e. The van der Waals surface area contributed by atoms with E-state index in [0.717, 1.165) is 19.3 Å². The van der Waals surface area contributed by atoms with Crippen molar-refractivity contribution in [1.29, 1.82) is 0 Å². The third-order valence-corrected chi connectivity index (χ3v) is 2.04. The second-order valence-corrected chi connectivity index (χ2v) is 3.07. The summed E-state index contributed by atoms with van der Waals surface area (Å²) in [6.45, 7) is 1.32. The van der Waals surface area contributed by atoms with Gasteiger partial charge in [0.1, 0.15) is 0 Å². The van der Waals surface area contributed by atoms with E-state index in [1.807, 2.05) is 0 Å². The minimum atomic E-state index is -1.85. The van der Waals surface area contributed by atoms with E-state index in [1.165, 1.54) is 4.90 Å². The molecule has 1 amide bonds. The Balaban J connectivity index is 2.39. The van der Waals surface area contributed by atoms with E-state index >= 15 is 0 Å².